The summed E-state index contributed by atoms with van der Waals surface area (Å²) in [6, 6.07) is 17.2. The maximum absolute atomic E-state index is 14.0. The highest BCUT2D eigenvalue weighted by atomic mass is 35.5. The van der Waals surface area contributed by atoms with E-state index >= 15 is 0 Å². The Balaban J connectivity index is 2.08. The maximum Gasteiger partial charge on any atom is 0.264 e. The highest BCUT2D eigenvalue weighted by molar-refractivity contribution is 7.92. The number of sulfonamides is 1. The van der Waals surface area contributed by atoms with Gasteiger partial charge in [-0.05, 0) is 82.1 Å². The minimum Gasteiger partial charge on any atom is -0.352 e. The van der Waals surface area contributed by atoms with Crippen molar-refractivity contribution < 1.29 is 18.0 Å². The van der Waals surface area contributed by atoms with Gasteiger partial charge in [-0.15, -0.1) is 0 Å². The van der Waals surface area contributed by atoms with Gasteiger partial charge in [-0.3, -0.25) is 13.9 Å². The number of aryl methyl sites for hydroxylation is 1. The quantitative estimate of drug-likeness (QED) is 0.326. The summed E-state index contributed by atoms with van der Waals surface area (Å²) in [5.74, 6) is -0.913. The van der Waals surface area contributed by atoms with Gasteiger partial charge in [-0.25, -0.2) is 8.42 Å². The van der Waals surface area contributed by atoms with Crippen LogP contribution >= 0.6 is 23.2 Å². The van der Waals surface area contributed by atoms with Crippen LogP contribution in [-0.4, -0.2) is 43.8 Å². The third-order valence-corrected chi connectivity index (χ3v) is 8.65. The first kappa shape index (κ1) is 30.5. The molecule has 0 unspecified atom stereocenters. The maximum atomic E-state index is 14.0. The van der Waals surface area contributed by atoms with Crippen LogP contribution in [0.15, 0.2) is 71.6 Å². The van der Waals surface area contributed by atoms with Gasteiger partial charge in [0.05, 0.1) is 10.6 Å². The van der Waals surface area contributed by atoms with E-state index in [1.807, 2.05) is 20.8 Å². The lowest BCUT2D eigenvalue weighted by Crippen LogP contribution is -2.52. The molecule has 0 bridgehead atoms. The number of hydrogen-bond acceptors (Lipinski definition) is 4. The average molecular weight is 591 g/mol. The topological polar surface area (TPSA) is 86.8 Å². The Labute approximate surface area is 240 Å². The molecule has 1 atom stereocenters. The predicted octanol–water partition coefficient (Wildman–Crippen LogP) is 5.75. The molecule has 0 heterocycles. The first-order valence-corrected chi connectivity index (χ1v) is 14.7. The van der Waals surface area contributed by atoms with Crippen LogP contribution in [0.4, 0.5) is 5.69 Å². The number of carbonyl (C=O) groups is 2. The molecular weight excluding hydrogens is 557 g/mol. The summed E-state index contributed by atoms with van der Waals surface area (Å²) in [6.07, 6.45) is 0. The van der Waals surface area contributed by atoms with Gasteiger partial charge in [0.25, 0.3) is 10.0 Å². The van der Waals surface area contributed by atoms with Crippen molar-refractivity contribution >= 4 is 50.7 Å². The van der Waals surface area contributed by atoms with E-state index in [0.717, 1.165) is 9.87 Å². The van der Waals surface area contributed by atoms with Crippen LogP contribution in [0.5, 0.6) is 0 Å². The normalized spacial score (nSPS) is 12.2. The van der Waals surface area contributed by atoms with Crippen LogP contribution < -0.4 is 9.62 Å². The van der Waals surface area contributed by atoms with E-state index in [1.54, 1.807) is 68.4 Å². The number of anilines is 1. The molecular formula is C29H33Cl2N3O4S. The van der Waals surface area contributed by atoms with E-state index < -0.39 is 28.5 Å². The van der Waals surface area contributed by atoms with Crippen molar-refractivity contribution in [3.05, 3.63) is 93.5 Å². The van der Waals surface area contributed by atoms with E-state index in [4.69, 9.17) is 23.2 Å². The fourth-order valence-corrected chi connectivity index (χ4v) is 5.89. The standard InChI is InChI=1S/C29H33Cl2N3O4S/c1-19(2)32-29(36)22(5)33(17-23-8-6-9-24(30)16-23)28(35)18-34(27-11-7-10-26(31)21(27)4)39(37,38)25-14-12-20(3)13-15-25/h6-16,19,22H,17-18H2,1-5H3,(H,32,36)/t22-/m0/s1. The number of rotatable bonds is 10. The Morgan fingerprint density at radius 2 is 1.56 bits per heavy atom. The Morgan fingerprint density at radius 3 is 2.18 bits per heavy atom. The average Bonchev–Trinajstić information content (AvgIpc) is 2.87. The van der Waals surface area contributed by atoms with E-state index in [1.165, 1.54) is 17.0 Å². The van der Waals surface area contributed by atoms with Crippen LogP contribution in [0.3, 0.4) is 0 Å². The minimum absolute atomic E-state index is 0.0345. The zero-order chi connectivity index (χ0) is 28.9. The Morgan fingerprint density at radius 1 is 0.923 bits per heavy atom. The summed E-state index contributed by atoms with van der Waals surface area (Å²) < 4.78 is 28.9. The molecule has 0 saturated heterocycles. The molecule has 0 saturated carbocycles. The zero-order valence-electron chi connectivity index (χ0n) is 22.6. The Bertz CT molecular complexity index is 1440. The summed E-state index contributed by atoms with van der Waals surface area (Å²) in [7, 11) is -4.18. The van der Waals surface area contributed by atoms with Gasteiger partial charge in [0.1, 0.15) is 12.6 Å². The lowest BCUT2D eigenvalue weighted by atomic mass is 10.1. The number of hydrogen-bond donors (Lipinski definition) is 1. The lowest BCUT2D eigenvalue weighted by Gasteiger charge is -2.33. The molecule has 3 rings (SSSR count). The molecule has 0 aliphatic carbocycles. The summed E-state index contributed by atoms with van der Waals surface area (Å²) in [4.78, 5) is 28.3. The number of carbonyl (C=O) groups excluding carboxylic acids is 2. The molecule has 10 heteroatoms. The molecule has 208 valence electrons. The van der Waals surface area contributed by atoms with Crippen molar-refractivity contribution in [3.63, 3.8) is 0 Å². The number of nitrogens with zero attached hydrogens (tertiary/aromatic N) is 2. The van der Waals surface area contributed by atoms with E-state index in [2.05, 4.69) is 5.32 Å². The van der Waals surface area contributed by atoms with Crippen molar-refractivity contribution in [2.24, 2.45) is 0 Å². The Hall–Kier alpha value is -3.07. The van der Waals surface area contributed by atoms with Gasteiger partial charge in [0.15, 0.2) is 0 Å². The van der Waals surface area contributed by atoms with Crippen molar-refractivity contribution in [3.8, 4) is 0 Å². The van der Waals surface area contributed by atoms with Crippen molar-refractivity contribution in [2.45, 2.75) is 58.1 Å². The highest BCUT2D eigenvalue weighted by Crippen LogP contribution is 2.31. The monoisotopic (exact) mass is 589 g/mol. The zero-order valence-corrected chi connectivity index (χ0v) is 24.9. The SMILES string of the molecule is Cc1ccc(S(=O)(=O)N(CC(=O)N(Cc2cccc(Cl)c2)[C@@H](C)C(=O)NC(C)C)c2cccc(Cl)c2C)cc1. The second-order valence-corrected chi connectivity index (χ2v) is 12.4. The molecule has 39 heavy (non-hydrogen) atoms. The van der Waals surface area contributed by atoms with Crippen LogP contribution in [0.1, 0.15) is 37.5 Å². The summed E-state index contributed by atoms with van der Waals surface area (Å²) in [5, 5.41) is 3.68. The third kappa shape index (κ3) is 7.53. The third-order valence-electron chi connectivity index (χ3n) is 6.24. The summed E-state index contributed by atoms with van der Waals surface area (Å²) >= 11 is 12.5. The van der Waals surface area contributed by atoms with E-state index in [0.29, 0.717) is 21.2 Å². The number of halogens is 2. The molecule has 0 fully saturated rings. The van der Waals surface area contributed by atoms with Crippen LogP contribution in [-0.2, 0) is 26.2 Å². The molecule has 0 spiro atoms. The van der Waals surface area contributed by atoms with E-state index in [-0.39, 0.29) is 29.1 Å². The fourth-order valence-electron chi connectivity index (χ4n) is 4.04. The molecule has 0 aromatic heterocycles. The number of benzene rings is 3. The summed E-state index contributed by atoms with van der Waals surface area (Å²) in [5.41, 5.74) is 2.38. The number of amides is 2. The van der Waals surface area contributed by atoms with Crippen molar-refractivity contribution in [1.29, 1.82) is 0 Å². The molecule has 1 N–H and O–H groups in total. The number of nitrogens with one attached hydrogen (secondary N) is 1. The second kappa shape index (κ2) is 12.9. The lowest BCUT2D eigenvalue weighted by molar-refractivity contribution is -0.139. The largest absolute Gasteiger partial charge is 0.352 e. The van der Waals surface area contributed by atoms with Crippen molar-refractivity contribution in [2.75, 3.05) is 10.8 Å². The first-order valence-electron chi connectivity index (χ1n) is 12.5. The molecule has 0 aliphatic heterocycles. The smallest absolute Gasteiger partial charge is 0.264 e. The van der Waals surface area contributed by atoms with Crippen molar-refractivity contribution in [1.82, 2.24) is 10.2 Å². The molecule has 7 nitrogen and oxygen atoms in total. The molecule has 0 aliphatic rings. The van der Waals surface area contributed by atoms with Gasteiger partial charge >= 0.3 is 0 Å². The van der Waals surface area contributed by atoms with E-state index in [9.17, 15) is 18.0 Å². The van der Waals surface area contributed by atoms with Gasteiger partial charge in [0, 0.05) is 22.6 Å². The second-order valence-electron chi connectivity index (χ2n) is 9.70. The Kier molecular flexibility index (Phi) is 10.0. The fraction of sp³-hybridized carbons (Fsp3) is 0.310. The highest BCUT2D eigenvalue weighted by Gasteiger charge is 2.33. The predicted molar refractivity (Wildman–Crippen MR) is 157 cm³/mol. The van der Waals surface area contributed by atoms with Gasteiger partial charge in [0.2, 0.25) is 11.8 Å². The molecule has 3 aromatic rings. The van der Waals surface area contributed by atoms with Gasteiger partial charge in [-0.2, -0.15) is 0 Å². The van der Waals surface area contributed by atoms with Crippen LogP contribution in [0.2, 0.25) is 10.0 Å². The van der Waals surface area contributed by atoms with Crippen LogP contribution in [0.25, 0.3) is 0 Å². The molecule has 0 radical (unpaired) electrons. The minimum atomic E-state index is -4.18. The van der Waals surface area contributed by atoms with Crippen LogP contribution in [0, 0.1) is 13.8 Å². The van der Waals surface area contributed by atoms with Gasteiger partial charge in [-0.1, -0.05) is 59.1 Å². The first-order chi connectivity index (χ1) is 18.3. The van der Waals surface area contributed by atoms with Gasteiger partial charge < -0.3 is 10.2 Å². The summed E-state index contributed by atoms with van der Waals surface area (Å²) in [6.45, 7) is 8.33. The molecule has 3 aromatic carbocycles. The molecule has 2 amide bonds.